The second-order valence-electron chi connectivity index (χ2n) is 8.20. The van der Waals surface area contributed by atoms with Gasteiger partial charge in [-0.25, -0.2) is 4.79 Å². The van der Waals surface area contributed by atoms with Crippen LogP contribution in [0.2, 0.25) is 0 Å². The molecule has 3 atom stereocenters. The van der Waals surface area contributed by atoms with Crippen LogP contribution in [0, 0.1) is 11.8 Å². The van der Waals surface area contributed by atoms with Crippen molar-refractivity contribution >= 4 is 51.9 Å². The highest BCUT2D eigenvalue weighted by Gasteiger charge is 2.38. The van der Waals surface area contributed by atoms with E-state index in [9.17, 15) is 14.7 Å². The van der Waals surface area contributed by atoms with Crippen LogP contribution in [0.3, 0.4) is 0 Å². The lowest BCUT2D eigenvalue weighted by molar-refractivity contribution is -0.144. The largest absolute Gasteiger partial charge is 0.480 e. The molecule has 1 saturated carbocycles. The molecule has 2 saturated heterocycles. The van der Waals surface area contributed by atoms with E-state index in [4.69, 9.17) is 12.2 Å². The van der Waals surface area contributed by atoms with Crippen molar-refractivity contribution in [2.24, 2.45) is 11.8 Å². The predicted molar refractivity (Wildman–Crippen MR) is 121 cm³/mol. The van der Waals surface area contributed by atoms with Gasteiger partial charge < -0.3 is 10.0 Å². The zero-order valence-electron chi connectivity index (χ0n) is 16.5. The van der Waals surface area contributed by atoms with E-state index in [0.717, 1.165) is 42.3 Å². The molecule has 1 aromatic carbocycles. The van der Waals surface area contributed by atoms with E-state index < -0.39 is 12.0 Å². The first kappa shape index (κ1) is 20.4. The lowest BCUT2D eigenvalue weighted by Crippen LogP contribution is -2.41. The molecule has 4 rings (SSSR count). The third-order valence-corrected chi connectivity index (χ3v) is 7.75. The molecule has 0 spiro atoms. The van der Waals surface area contributed by atoms with Gasteiger partial charge in [-0.1, -0.05) is 55.4 Å². The summed E-state index contributed by atoms with van der Waals surface area (Å²) in [5.74, 6) is 0.344. The van der Waals surface area contributed by atoms with Crippen LogP contribution in [-0.2, 0) is 9.59 Å². The Bertz CT molecular complexity index is 852. The quantitative estimate of drug-likeness (QED) is 0.565. The van der Waals surface area contributed by atoms with Crippen molar-refractivity contribution in [2.75, 3.05) is 18.0 Å². The number of nitrogens with zero attached hydrogens (tertiary/aromatic N) is 2. The number of benzene rings is 1. The molecular weight excluding hydrogens is 404 g/mol. The minimum Gasteiger partial charge on any atom is -0.480 e. The third-order valence-electron chi connectivity index (χ3n) is 6.42. The number of anilines is 1. The Hall–Kier alpha value is -1.86. The lowest BCUT2D eigenvalue weighted by Gasteiger charge is -2.42. The Kier molecular flexibility index (Phi) is 5.97. The van der Waals surface area contributed by atoms with E-state index in [2.05, 4.69) is 17.0 Å². The molecule has 7 heteroatoms. The summed E-state index contributed by atoms with van der Waals surface area (Å²) in [4.78, 5) is 28.0. The number of thioether (sulfide) groups is 1. The fourth-order valence-corrected chi connectivity index (χ4v) is 6.11. The number of carboxylic acids is 1. The fourth-order valence-electron chi connectivity index (χ4n) is 4.69. The minimum atomic E-state index is -1.06. The number of hydrogen-bond donors (Lipinski definition) is 1. The Balaban J connectivity index is 1.45. The van der Waals surface area contributed by atoms with Gasteiger partial charge in [0.15, 0.2) is 0 Å². The molecule has 1 unspecified atom stereocenters. The number of carbonyl (C=O) groups is 2. The standard InChI is InChI=1S/C22H26N2O3S2/c1-14(21(26)27)24-20(25)19(29-22(24)28)12-15-6-8-18(9-7-15)23-11-10-16-4-2-3-5-17(16)13-23/h6-9,12,14,16-17H,2-5,10-11,13H2,1H3,(H,26,27)/t14?,16-,17+/m0/s1. The second kappa shape index (κ2) is 8.48. The lowest BCUT2D eigenvalue weighted by atomic mass is 9.75. The van der Waals surface area contributed by atoms with Crippen LogP contribution in [0.1, 0.15) is 44.6 Å². The van der Waals surface area contributed by atoms with Crippen molar-refractivity contribution < 1.29 is 14.7 Å². The number of rotatable bonds is 4. The van der Waals surface area contributed by atoms with Crippen LogP contribution in [0.5, 0.6) is 0 Å². The molecule has 5 nitrogen and oxygen atoms in total. The van der Waals surface area contributed by atoms with Crippen molar-refractivity contribution in [1.29, 1.82) is 0 Å². The van der Waals surface area contributed by atoms with E-state index in [1.165, 1.54) is 49.6 Å². The molecule has 3 aliphatic rings. The summed E-state index contributed by atoms with van der Waals surface area (Å²) in [5.41, 5.74) is 2.16. The zero-order chi connectivity index (χ0) is 20.5. The van der Waals surface area contributed by atoms with Crippen LogP contribution in [0.25, 0.3) is 6.08 Å². The van der Waals surface area contributed by atoms with Gasteiger partial charge in [-0.15, -0.1) is 0 Å². The van der Waals surface area contributed by atoms with Crippen molar-refractivity contribution in [3.05, 3.63) is 34.7 Å². The molecule has 0 radical (unpaired) electrons. The molecule has 2 heterocycles. The highest BCUT2D eigenvalue weighted by molar-refractivity contribution is 8.26. The number of carboxylic acid groups (broad SMARTS) is 1. The highest BCUT2D eigenvalue weighted by atomic mass is 32.2. The first-order valence-corrected chi connectivity index (χ1v) is 11.5. The maximum atomic E-state index is 12.6. The molecule has 154 valence electrons. The molecule has 1 aliphatic carbocycles. The molecule has 1 N–H and O–H groups in total. The van der Waals surface area contributed by atoms with E-state index >= 15 is 0 Å². The van der Waals surface area contributed by atoms with Gasteiger partial charge in [-0.05, 0) is 55.4 Å². The maximum Gasteiger partial charge on any atom is 0.326 e. The smallest absolute Gasteiger partial charge is 0.326 e. The van der Waals surface area contributed by atoms with Gasteiger partial charge in [0.1, 0.15) is 10.4 Å². The van der Waals surface area contributed by atoms with E-state index in [1.807, 2.05) is 12.1 Å². The topological polar surface area (TPSA) is 60.9 Å². The van der Waals surface area contributed by atoms with Gasteiger partial charge in [-0.3, -0.25) is 9.69 Å². The number of fused-ring (bicyclic) bond motifs is 1. The first-order valence-electron chi connectivity index (χ1n) is 10.3. The molecule has 1 aromatic rings. The van der Waals surface area contributed by atoms with Crippen LogP contribution in [-0.4, -0.2) is 45.3 Å². The van der Waals surface area contributed by atoms with Gasteiger partial charge in [0.2, 0.25) is 0 Å². The van der Waals surface area contributed by atoms with E-state index in [0.29, 0.717) is 9.23 Å². The van der Waals surface area contributed by atoms with Crippen molar-refractivity contribution in [1.82, 2.24) is 4.90 Å². The summed E-state index contributed by atoms with van der Waals surface area (Å²) >= 11 is 6.38. The molecular formula is C22H26N2O3S2. The van der Waals surface area contributed by atoms with Crippen LogP contribution < -0.4 is 4.90 Å². The van der Waals surface area contributed by atoms with Crippen molar-refractivity contribution in [3.63, 3.8) is 0 Å². The SMILES string of the molecule is CC(C(=O)O)N1C(=O)C(=Cc2ccc(N3CC[C@@H]4CCCC[C@@H]4C3)cc2)SC1=S. The van der Waals surface area contributed by atoms with Gasteiger partial charge in [0, 0.05) is 18.8 Å². The summed E-state index contributed by atoms with van der Waals surface area (Å²) in [6.07, 6.45) is 8.60. The van der Waals surface area contributed by atoms with Crippen molar-refractivity contribution in [3.8, 4) is 0 Å². The highest BCUT2D eigenvalue weighted by Crippen LogP contribution is 2.38. The average molecular weight is 431 g/mol. The number of carbonyl (C=O) groups excluding carboxylic acids is 1. The van der Waals surface area contributed by atoms with Crippen LogP contribution >= 0.6 is 24.0 Å². The van der Waals surface area contributed by atoms with Gasteiger partial charge in [0.05, 0.1) is 4.91 Å². The summed E-state index contributed by atoms with van der Waals surface area (Å²) < 4.78 is 0.295. The minimum absolute atomic E-state index is 0.295. The Labute approximate surface area is 181 Å². The molecule has 29 heavy (non-hydrogen) atoms. The summed E-state index contributed by atoms with van der Waals surface area (Å²) in [7, 11) is 0. The van der Waals surface area contributed by atoms with Gasteiger partial charge in [0.25, 0.3) is 5.91 Å². The number of aliphatic carboxylic acids is 1. The maximum absolute atomic E-state index is 12.6. The summed E-state index contributed by atoms with van der Waals surface area (Å²) in [6, 6.07) is 7.33. The Morgan fingerprint density at radius 2 is 1.90 bits per heavy atom. The van der Waals surface area contributed by atoms with Crippen LogP contribution in [0.15, 0.2) is 29.2 Å². The Morgan fingerprint density at radius 1 is 1.21 bits per heavy atom. The number of piperidine rings is 1. The predicted octanol–water partition coefficient (Wildman–Crippen LogP) is 4.38. The number of thiocarbonyl (C=S) groups is 1. The zero-order valence-corrected chi connectivity index (χ0v) is 18.2. The molecule has 0 aromatic heterocycles. The first-order chi connectivity index (χ1) is 13.9. The summed E-state index contributed by atoms with van der Waals surface area (Å²) in [6.45, 7) is 3.74. The Morgan fingerprint density at radius 3 is 2.59 bits per heavy atom. The molecule has 2 aliphatic heterocycles. The van der Waals surface area contributed by atoms with Crippen molar-refractivity contribution in [2.45, 2.75) is 45.1 Å². The fraction of sp³-hybridized carbons (Fsp3) is 0.500. The molecule has 1 amide bonds. The number of amides is 1. The molecule has 3 fully saturated rings. The van der Waals surface area contributed by atoms with E-state index in [-0.39, 0.29) is 5.91 Å². The second-order valence-corrected chi connectivity index (χ2v) is 9.87. The van der Waals surface area contributed by atoms with E-state index in [1.54, 1.807) is 6.08 Å². The average Bonchev–Trinajstić information content (AvgIpc) is 3.00. The van der Waals surface area contributed by atoms with Gasteiger partial charge in [-0.2, -0.15) is 0 Å². The van der Waals surface area contributed by atoms with Crippen LogP contribution in [0.4, 0.5) is 5.69 Å². The third kappa shape index (κ3) is 4.21. The number of hydrogen-bond acceptors (Lipinski definition) is 5. The normalized spacial score (nSPS) is 27.3. The van der Waals surface area contributed by atoms with Gasteiger partial charge >= 0.3 is 5.97 Å². The summed E-state index contributed by atoms with van der Waals surface area (Å²) in [5, 5.41) is 9.19. The molecule has 0 bridgehead atoms. The monoisotopic (exact) mass is 430 g/mol.